The Kier molecular flexibility index (Phi) is 2.10. The summed E-state index contributed by atoms with van der Waals surface area (Å²) in [6.45, 7) is 7.25. The van der Waals surface area contributed by atoms with Crippen molar-refractivity contribution < 1.29 is 4.74 Å². The van der Waals surface area contributed by atoms with Gasteiger partial charge in [-0.1, -0.05) is 45.0 Å². The maximum atomic E-state index is 5.73. The van der Waals surface area contributed by atoms with Crippen molar-refractivity contribution in [3.8, 4) is 0 Å². The van der Waals surface area contributed by atoms with Crippen LogP contribution >= 0.6 is 0 Å². The molecule has 0 fully saturated rings. The fraction of sp³-hybridized carbons (Fsp3) is 0.385. The summed E-state index contributed by atoms with van der Waals surface area (Å²) in [6.07, 6.45) is 2.13. The molecule has 0 saturated carbocycles. The number of ether oxygens (including phenoxy) is 1. The molecule has 0 spiro atoms. The Hall–Kier alpha value is -1.24. The Bertz CT molecular complexity index is 449. The van der Waals surface area contributed by atoms with Crippen molar-refractivity contribution in [3.63, 3.8) is 0 Å². The molecule has 0 amide bonds. The zero-order valence-corrected chi connectivity index (χ0v) is 9.00. The van der Waals surface area contributed by atoms with Gasteiger partial charge in [-0.15, -0.1) is 0 Å². The molecule has 14 heavy (non-hydrogen) atoms. The first kappa shape index (κ1) is 9.32. The molecule has 0 bridgehead atoms. The van der Waals surface area contributed by atoms with Gasteiger partial charge >= 0.3 is 0 Å². The fourth-order valence-corrected chi connectivity index (χ4v) is 1.79. The van der Waals surface area contributed by atoms with E-state index < -0.39 is 0 Å². The monoisotopic (exact) mass is 188 g/mol. The van der Waals surface area contributed by atoms with Crippen molar-refractivity contribution >= 4 is 11.8 Å². The first-order valence-corrected chi connectivity index (χ1v) is 5.02. The second-order valence-electron chi connectivity index (χ2n) is 4.68. The zero-order chi connectivity index (χ0) is 10.2. The number of hydrogen-bond donors (Lipinski definition) is 0. The van der Waals surface area contributed by atoms with E-state index in [0.29, 0.717) is 6.61 Å². The third kappa shape index (κ3) is 1.54. The third-order valence-corrected chi connectivity index (χ3v) is 2.42. The molecule has 74 valence electrons. The molecule has 0 N–H and O–H groups in total. The molecule has 1 aromatic carbocycles. The predicted octanol–water partition coefficient (Wildman–Crippen LogP) is 1.65. The van der Waals surface area contributed by atoms with Gasteiger partial charge < -0.3 is 4.74 Å². The van der Waals surface area contributed by atoms with Crippen molar-refractivity contribution in [3.05, 3.63) is 34.7 Å². The lowest BCUT2D eigenvalue weighted by Crippen LogP contribution is -2.35. The van der Waals surface area contributed by atoms with E-state index in [0.717, 1.165) is 5.76 Å². The molecule has 1 aliphatic heterocycles. The van der Waals surface area contributed by atoms with Crippen LogP contribution in [0.5, 0.6) is 0 Å². The average Bonchev–Trinajstić information content (AvgIpc) is 2.15. The van der Waals surface area contributed by atoms with Gasteiger partial charge in [0.2, 0.25) is 0 Å². The van der Waals surface area contributed by atoms with Gasteiger partial charge in [-0.3, -0.25) is 0 Å². The predicted molar refractivity (Wildman–Crippen MR) is 59.0 cm³/mol. The molecule has 0 aromatic heterocycles. The Labute approximate surface area is 84.7 Å². The Morgan fingerprint density at radius 2 is 1.86 bits per heavy atom. The highest BCUT2D eigenvalue weighted by atomic mass is 16.5. The topological polar surface area (TPSA) is 9.23 Å². The van der Waals surface area contributed by atoms with Crippen LogP contribution in [0.1, 0.15) is 20.8 Å². The van der Waals surface area contributed by atoms with E-state index in [2.05, 4.69) is 51.1 Å². The summed E-state index contributed by atoms with van der Waals surface area (Å²) in [6, 6.07) is 8.41. The molecule has 1 heterocycles. The van der Waals surface area contributed by atoms with E-state index >= 15 is 0 Å². The van der Waals surface area contributed by atoms with Crippen LogP contribution in [0.4, 0.5) is 0 Å². The minimum Gasteiger partial charge on any atom is -0.493 e. The maximum absolute atomic E-state index is 5.73. The van der Waals surface area contributed by atoms with Crippen LogP contribution in [-0.4, -0.2) is 6.61 Å². The second-order valence-corrected chi connectivity index (χ2v) is 4.68. The van der Waals surface area contributed by atoms with Crippen LogP contribution < -0.4 is 10.4 Å². The highest BCUT2D eigenvalue weighted by molar-refractivity contribution is 5.48. The fourth-order valence-electron chi connectivity index (χ4n) is 1.79. The van der Waals surface area contributed by atoms with Gasteiger partial charge in [-0.2, -0.15) is 0 Å². The Morgan fingerprint density at radius 1 is 1.14 bits per heavy atom. The van der Waals surface area contributed by atoms with Crippen LogP contribution in [0.2, 0.25) is 0 Å². The summed E-state index contributed by atoms with van der Waals surface area (Å²) < 4.78 is 5.73. The zero-order valence-electron chi connectivity index (χ0n) is 9.00. The lowest BCUT2D eigenvalue weighted by Gasteiger charge is -2.25. The molecule has 0 unspecified atom stereocenters. The van der Waals surface area contributed by atoms with Gasteiger partial charge in [0.25, 0.3) is 0 Å². The van der Waals surface area contributed by atoms with Gasteiger partial charge in [-0.25, -0.2) is 0 Å². The molecule has 0 radical (unpaired) electrons. The van der Waals surface area contributed by atoms with Gasteiger partial charge in [-0.05, 0) is 11.3 Å². The third-order valence-electron chi connectivity index (χ3n) is 2.42. The number of hydrogen-bond acceptors (Lipinski definition) is 1. The van der Waals surface area contributed by atoms with Crippen molar-refractivity contribution in [2.45, 2.75) is 20.8 Å². The summed E-state index contributed by atoms with van der Waals surface area (Å²) in [5, 5.41) is 2.54. The van der Waals surface area contributed by atoms with Crippen LogP contribution in [0, 0.1) is 5.41 Å². The first-order valence-electron chi connectivity index (χ1n) is 5.02. The van der Waals surface area contributed by atoms with E-state index in [9.17, 15) is 0 Å². The smallest absolute Gasteiger partial charge is 0.110 e. The van der Waals surface area contributed by atoms with Gasteiger partial charge in [0, 0.05) is 10.6 Å². The van der Waals surface area contributed by atoms with Crippen molar-refractivity contribution in [2.75, 3.05) is 6.61 Å². The van der Waals surface area contributed by atoms with E-state index in [1.165, 1.54) is 10.4 Å². The van der Waals surface area contributed by atoms with Crippen LogP contribution in [-0.2, 0) is 4.74 Å². The van der Waals surface area contributed by atoms with E-state index in [4.69, 9.17) is 4.74 Å². The van der Waals surface area contributed by atoms with E-state index in [-0.39, 0.29) is 5.41 Å². The normalized spacial score (nSPS) is 15.5. The molecule has 0 aliphatic carbocycles. The summed E-state index contributed by atoms with van der Waals surface area (Å²) >= 11 is 0. The molecule has 1 nitrogen and oxygen atoms in total. The maximum Gasteiger partial charge on any atom is 0.110 e. The number of fused-ring (bicyclic) bond motifs is 1. The average molecular weight is 188 g/mol. The van der Waals surface area contributed by atoms with Gasteiger partial charge in [0.15, 0.2) is 0 Å². The number of benzene rings is 1. The minimum absolute atomic E-state index is 0.0877. The summed E-state index contributed by atoms with van der Waals surface area (Å²) in [4.78, 5) is 0. The summed E-state index contributed by atoms with van der Waals surface area (Å²) in [5.74, 6) is 1.11. The van der Waals surface area contributed by atoms with Crippen LogP contribution in [0.3, 0.4) is 0 Å². The van der Waals surface area contributed by atoms with Crippen LogP contribution in [0.15, 0.2) is 24.3 Å². The largest absolute Gasteiger partial charge is 0.493 e. The highest BCUT2D eigenvalue weighted by Crippen LogP contribution is 2.26. The van der Waals surface area contributed by atoms with Gasteiger partial charge in [0.1, 0.15) is 12.4 Å². The lowest BCUT2D eigenvalue weighted by molar-refractivity contribution is 0.256. The minimum atomic E-state index is 0.0877. The molecule has 1 aliphatic rings. The first-order chi connectivity index (χ1) is 6.59. The molecule has 1 aromatic rings. The van der Waals surface area contributed by atoms with Gasteiger partial charge in [0.05, 0.1) is 0 Å². The Balaban J connectivity index is 2.78. The standard InChI is InChI=1S/C13H16O/c1-13(2,3)12-11-7-5-4-6-10(11)8-9-14-12/h4-8H,9H2,1-3H3. The summed E-state index contributed by atoms with van der Waals surface area (Å²) in [7, 11) is 0. The molecule has 2 rings (SSSR count). The number of rotatable bonds is 0. The quantitative estimate of drug-likeness (QED) is 0.601. The SMILES string of the molecule is CC(C)(C)C1=c2ccccc2=CCO1. The highest BCUT2D eigenvalue weighted by Gasteiger charge is 2.20. The molecule has 0 atom stereocenters. The molecular formula is C13H16O. The molecule has 1 heteroatoms. The van der Waals surface area contributed by atoms with Crippen molar-refractivity contribution in [1.29, 1.82) is 0 Å². The van der Waals surface area contributed by atoms with E-state index in [1.807, 2.05) is 0 Å². The van der Waals surface area contributed by atoms with Crippen molar-refractivity contribution in [2.24, 2.45) is 5.41 Å². The van der Waals surface area contributed by atoms with Crippen LogP contribution in [0.25, 0.3) is 11.8 Å². The Morgan fingerprint density at radius 3 is 2.57 bits per heavy atom. The second kappa shape index (κ2) is 3.16. The molecule has 0 saturated heterocycles. The molecular weight excluding hydrogens is 172 g/mol. The summed E-state index contributed by atoms with van der Waals surface area (Å²) in [5.41, 5.74) is 0.0877. The lowest BCUT2D eigenvalue weighted by atomic mass is 9.91. The van der Waals surface area contributed by atoms with Crippen molar-refractivity contribution in [1.82, 2.24) is 0 Å². The van der Waals surface area contributed by atoms with E-state index in [1.54, 1.807) is 0 Å².